The Morgan fingerprint density at radius 1 is 0.733 bits per heavy atom. The molecule has 0 aromatic heterocycles. The van der Waals surface area contributed by atoms with Gasteiger partial charge < -0.3 is 29.9 Å². The first-order valence-corrected chi connectivity index (χ1v) is 11.5. The van der Waals surface area contributed by atoms with Crippen molar-refractivity contribution in [1.82, 2.24) is 0 Å². The molecule has 0 spiro atoms. The summed E-state index contributed by atoms with van der Waals surface area (Å²) in [5.41, 5.74) is 0. The zero-order valence-electron chi connectivity index (χ0n) is 18.2. The van der Waals surface area contributed by atoms with Gasteiger partial charge in [-0.1, -0.05) is 84.0 Å². The monoisotopic (exact) mass is 432 g/mol. The van der Waals surface area contributed by atoms with Gasteiger partial charge in [0.1, 0.15) is 18.3 Å². The molecule has 0 aromatic rings. The van der Waals surface area contributed by atoms with E-state index in [1.54, 1.807) is 0 Å². The second-order valence-corrected chi connectivity index (χ2v) is 8.22. The third kappa shape index (κ3) is 10.2. The SMILES string of the molecule is CCCCCCCCCCCCCCCC(=O)O[C@@H]1O[C@H](C(=O)O)[C@H](O)[C@H](O)[C@H]1O. The van der Waals surface area contributed by atoms with Crippen LogP contribution in [0.2, 0.25) is 0 Å². The van der Waals surface area contributed by atoms with Crippen LogP contribution in [0.25, 0.3) is 0 Å². The van der Waals surface area contributed by atoms with Crippen LogP contribution >= 0.6 is 0 Å². The van der Waals surface area contributed by atoms with Crippen LogP contribution in [0, 0.1) is 0 Å². The summed E-state index contributed by atoms with van der Waals surface area (Å²) in [5, 5.41) is 38.1. The lowest BCUT2D eigenvalue weighted by molar-refractivity contribution is -0.286. The number of aliphatic hydroxyl groups excluding tert-OH is 3. The van der Waals surface area contributed by atoms with E-state index >= 15 is 0 Å². The molecule has 5 atom stereocenters. The topological polar surface area (TPSA) is 134 Å². The van der Waals surface area contributed by atoms with Crippen molar-refractivity contribution in [1.29, 1.82) is 0 Å². The third-order valence-electron chi connectivity index (χ3n) is 5.55. The molecule has 0 unspecified atom stereocenters. The summed E-state index contributed by atoms with van der Waals surface area (Å²) in [4.78, 5) is 23.0. The van der Waals surface area contributed by atoms with Crippen LogP contribution in [0.4, 0.5) is 0 Å². The van der Waals surface area contributed by atoms with Crippen LogP contribution < -0.4 is 0 Å². The Bertz CT molecular complexity index is 484. The highest BCUT2D eigenvalue weighted by Gasteiger charge is 2.48. The number of hydrogen-bond donors (Lipinski definition) is 4. The molecule has 8 nitrogen and oxygen atoms in total. The van der Waals surface area contributed by atoms with Crippen LogP contribution in [-0.4, -0.2) is 63.1 Å². The summed E-state index contributed by atoms with van der Waals surface area (Å²) in [6, 6.07) is 0. The van der Waals surface area contributed by atoms with E-state index in [1.165, 1.54) is 57.8 Å². The van der Waals surface area contributed by atoms with Crippen LogP contribution in [0.15, 0.2) is 0 Å². The quantitative estimate of drug-likeness (QED) is 0.216. The molecule has 1 rings (SSSR count). The van der Waals surface area contributed by atoms with Crippen molar-refractivity contribution >= 4 is 11.9 Å². The minimum Gasteiger partial charge on any atom is -0.479 e. The van der Waals surface area contributed by atoms with Crippen LogP contribution in [-0.2, 0) is 19.1 Å². The summed E-state index contributed by atoms with van der Waals surface area (Å²) < 4.78 is 9.89. The molecular formula is C22H40O8. The van der Waals surface area contributed by atoms with E-state index in [-0.39, 0.29) is 6.42 Å². The minimum absolute atomic E-state index is 0.126. The molecule has 4 N–H and O–H groups in total. The van der Waals surface area contributed by atoms with Crippen molar-refractivity contribution in [2.75, 3.05) is 0 Å². The second kappa shape index (κ2) is 15.6. The highest BCUT2D eigenvalue weighted by atomic mass is 16.7. The number of carboxylic acids is 1. The average Bonchev–Trinajstić information content (AvgIpc) is 2.71. The fourth-order valence-electron chi connectivity index (χ4n) is 3.62. The smallest absolute Gasteiger partial charge is 0.335 e. The first kappa shape index (κ1) is 26.8. The lowest BCUT2D eigenvalue weighted by Gasteiger charge is -2.37. The van der Waals surface area contributed by atoms with Gasteiger partial charge in [0, 0.05) is 6.42 Å². The highest BCUT2D eigenvalue weighted by Crippen LogP contribution is 2.23. The number of ether oxygens (including phenoxy) is 2. The first-order valence-electron chi connectivity index (χ1n) is 11.5. The van der Waals surface area contributed by atoms with E-state index in [2.05, 4.69) is 6.92 Å². The molecule has 0 bridgehead atoms. The Morgan fingerprint density at radius 2 is 1.20 bits per heavy atom. The lowest BCUT2D eigenvalue weighted by atomic mass is 9.99. The molecule has 0 saturated carbocycles. The van der Waals surface area contributed by atoms with Gasteiger partial charge in [0.2, 0.25) is 6.29 Å². The Hall–Kier alpha value is -1.22. The molecule has 176 valence electrons. The number of aliphatic carboxylic acids is 1. The Balaban J connectivity index is 2.06. The summed E-state index contributed by atoms with van der Waals surface area (Å²) in [6.45, 7) is 2.23. The maximum Gasteiger partial charge on any atom is 0.335 e. The standard InChI is InChI=1S/C22H40O8/c1-2-3-4-5-6-7-8-9-10-11-12-13-14-15-16(23)29-22-19(26)17(24)18(25)20(30-22)21(27)28/h17-20,22,24-26H,2-15H2,1H3,(H,27,28)/t17-,18+,19+,20-,22+/m0/s1. The molecule has 0 aromatic carbocycles. The predicted molar refractivity (Wildman–Crippen MR) is 111 cm³/mol. The highest BCUT2D eigenvalue weighted by molar-refractivity contribution is 5.73. The van der Waals surface area contributed by atoms with E-state index in [0.29, 0.717) is 6.42 Å². The summed E-state index contributed by atoms with van der Waals surface area (Å²) in [6.07, 6.45) is 6.92. The Morgan fingerprint density at radius 3 is 1.67 bits per heavy atom. The Kier molecular flexibility index (Phi) is 13.9. The minimum atomic E-state index is -1.80. The van der Waals surface area contributed by atoms with Crippen molar-refractivity contribution in [3.8, 4) is 0 Å². The number of rotatable bonds is 16. The van der Waals surface area contributed by atoms with Gasteiger partial charge in [-0.15, -0.1) is 0 Å². The molecule has 1 fully saturated rings. The zero-order chi connectivity index (χ0) is 22.4. The van der Waals surface area contributed by atoms with Gasteiger partial charge in [0.05, 0.1) is 0 Å². The largest absolute Gasteiger partial charge is 0.479 e. The maximum absolute atomic E-state index is 11.9. The second-order valence-electron chi connectivity index (χ2n) is 8.22. The number of aliphatic hydroxyl groups is 3. The fraction of sp³-hybridized carbons (Fsp3) is 0.909. The molecule has 0 amide bonds. The van der Waals surface area contributed by atoms with Gasteiger partial charge in [0.15, 0.2) is 6.10 Å². The molecule has 1 aliphatic heterocycles. The van der Waals surface area contributed by atoms with Crippen molar-refractivity contribution < 1.29 is 39.5 Å². The van der Waals surface area contributed by atoms with Gasteiger partial charge in [0.25, 0.3) is 0 Å². The van der Waals surface area contributed by atoms with Gasteiger partial charge in [-0.3, -0.25) is 4.79 Å². The molecule has 1 heterocycles. The number of carboxylic acid groups (broad SMARTS) is 1. The number of hydrogen-bond acceptors (Lipinski definition) is 7. The maximum atomic E-state index is 11.9. The molecule has 1 saturated heterocycles. The third-order valence-corrected chi connectivity index (χ3v) is 5.55. The van der Waals surface area contributed by atoms with Gasteiger partial charge in [-0.2, -0.15) is 0 Å². The molecule has 30 heavy (non-hydrogen) atoms. The number of carbonyl (C=O) groups excluding carboxylic acids is 1. The van der Waals surface area contributed by atoms with Crippen LogP contribution in [0.1, 0.15) is 96.8 Å². The van der Waals surface area contributed by atoms with E-state index in [9.17, 15) is 24.9 Å². The normalized spacial score (nSPS) is 26.5. The first-order chi connectivity index (χ1) is 14.4. The van der Waals surface area contributed by atoms with Crippen LogP contribution in [0.3, 0.4) is 0 Å². The van der Waals surface area contributed by atoms with Crippen molar-refractivity contribution in [3.05, 3.63) is 0 Å². The zero-order valence-corrected chi connectivity index (χ0v) is 18.2. The van der Waals surface area contributed by atoms with E-state index < -0.39 is 42.6 Å². The van der Waals surface area contributed by atoms with E-state index in [1.807, 2.05) is 0 Å². The lowest BCUT2D eigenvalue weighted by Crippen LogP contribution is -2.60. The Labute approximate surface area is 179 Å². The number of carbonyl (C=O) groups is 2. The molecule has 8 heteroatoms. The number of unbranched alkanes of at least 4 members (excludes halogenated alkanes) is 12. The molecule has 0 radical (unpaired) electrons. The van der Waals surface area contributed by atoms with Crippen molar-refractivity contribution in [3.63, 3.8) is 0 Å². The van der Waals surface area contributed by atoms with Crippen molar-refractivity contribution in [2.45, 2.75) is 128 Å². The number of esters is 1. The fourth-order valence-corrected chi connectivity index (χ4v) is 3.62. The summed E-state index contributed by atoms with van der Waals surface area (Å²) >= 11 is 0. The average molecular weight is 433 g/mol. The molecule has 0 aliphatic carbocycles. The van der Waals surface area contributed by atoms with Gasteiger partial charge in [-0.05, 0) is 6.42 Å². The van der Waals surface area contributed by atoms with Crippen molar-refractivity contribution in [2.24, 2.45) is 0 Å². The predicted octanol–water partition coefficient (Wildman–Crippen LogP) is 2.90. The van der Waals surface area contributed by atoms with Crippen LogP contribution in [0.5, 0.6) is 0 Å². The molecule has 1 aliphatic rings. The van der Waals surface area contributed by atoms with E-state index in [4.69, 9.17) is 14.6 Å². The molecular weight excluding hydrogens is 392 g/mol. The summed E-state index contributed by atoms with van der Waals surface area (Å²) in [7, 11) is 0. The van der Waals surface area contributed by atoms with E-state index in [0.717, 1.165) is 19.3 Å². The summed E-state index contributed by atoms with van der Waals surface area (Å²) in [5.74, 6) is -2.14. The van der Waals surface area contributed by atoms with Gasteiger partial charge in [-0.25, -0.2) is 4.79 Å². The van der Waals surface area contributed by atoms with Gasteiger partial charge >= 0.3 is 11.9 Å².